The highest BCUT2D eigenvalue weighted by atomic mass is 32.1. The number of benzene rings is 2. The molecule has 0 bridgehead atoms. The fraction of sp³-hybridized carbons (Fsp3) is 0.0667. The van der Waals surface area contributed by atoms with Crippen LogP contribution in [0.25, 0.3) is 0 Å². The second kappa shape index (κ2) is 6.77. The van der Waals surface area contributed by atoms with Crippen molar-refractivity contribution in [2.75, 3.05) is 5.32 Å². The molecule has 2 N–H and O–H groups in total. The third kappa shape index (κ3) is 4.44. The van der Waals surface area contributed by atoms with E-state index in [0.29, 0.717) is 10.8 Å². The maximum Gasteiger partial charge on any atom is 0.191 e. The molecule has 0 radical (unpaired) electrons. The van der Waals surface area contributed by atoms with Crippen LogP contribution < -0.4 is 10.7 Å². The Bertz CT molecular complexity index is 606. The highest BCUT2D eigenvalue weighted by molar-refractivity contribution is 7.80. The van der Waals surface area contributed by atoms with Gasteiger partial charge in [-0.25, -0.2) is 4.39 Å². The van der Waals surface area contributed by atoms with E-state index in [1.54, 1.807) is 18.3 Å². The molecule has 2 aromatic rings. The lowest BCUT2D eigenvalue weighted by Gasteiger charge is -2.06. The van der Waals surface area contributed by atoms with E-state index in [0.717, 1.165) is 5.56 Å². The summed E-state index contributed by atoms with van der Waals surface area (Å²) in [6.07, 6.45) is 1.68. The van der Waals surface area contributed by atoms with Gasteiger partial charge in [-0.05, 0) is 49.0 Å². The molecule has 0 saturated carbocycles. The molecular formula is C15H14FN3S. The molecule has 0 heterocycles. The van der Waals surface area contributed by atoms with E-state index in [1.807, 2.05) is 31.2 Å². The fourth-order valence-electron chi connectivity index (χ4n) is 1.51. The quantitative estimate of drug-likeness (QED) is 0.516. The van der Waals surface area contributed by atoms with Gasteiger partial charge in [0.2, 0.25) is 0 Å². The number of anilines is 1. The van der Waals surface area contributed by atoms with Gasteiger partial charge in [-0.15, -0.1) is 0 Å². The fourth-order valence-corrected chi connectivity index (χ4v) is 1.68. The van der Waals surface area contributed by atoms with E-state index in [2.05, 4.69) is 15.8 Å². The molecule has 2 rings (SSSR count). The summed E-state index contributed by atoms with van der Waals surface area (Å²) in [6, 6.07) is 13.9. The topological polar surface area (TPSA) is 36.4 Å². The largest absolute Gasteiger partial charge is 0.331 e. The number of nitrogens with zero attached hydrogens (tertiary/aromatic N) is 1. The lowest BCUT2D eigenvalue weighted by Crippen LogP contribution is -2.23. The van der Waals surface area contributed by atoms with Crippen molar-refractivity contribution in [3.63, 3.8) is 0 Å². The SMILES string of the molecule is Cc1ccc(/C=N/NC(=S)Nc2ccc(F)cc2)cc1. The Balaban J connectivity index is 1.85. The maximum absolute atomic E-state index is 12.7. The predicted molar refractivity (Wildman–Crippen MR) is 84.5 cm³/mol. The number of hydrogen-bond donors (Lipinski definition) is 2. The van der Waals surface area contributed by atoms with E-state index in [4.69, 9.17) is 12.2 Å². The second-order valence-corrected chi connectivity index (χ2v) is 4.65. The summed E-state index contributed by atoms with van der Waals surface area (Å²) in [5, 5.41) is 7.28. The first-order valence-corrected chi connectivity index (χ1v) is 6.46. The summed E-state index contributed by atoms with van der Waals surface area (Å²) in [7, 11) is 0. The summed E-state index contributed by atoms with van der Waals surface area (Å²) >= 11 is 5.08. The number of hydrazone groups is 1. The van der Waals surface area contributed by atoms with Crippen LogP contribution in [0.3, 0.4) is 0 Å². The number of thiocarbonyl (C=S) groups is 1. The number of rotatable bonds is 3. The average Bonchev–Trinajstić information content (AvgIpc) is 2.44. The molecule has 20 heavy (non-hydrogen) atoms. The first-order chi connectivity index (χ1) is 9.63. The Morgan fingerprint density at radius 2 is 1.75 bits per heavy atom. The van der Waals surface area contributed by atoms with Crippen molar-refractivity contribution in [1.82, 2.24) is 5.43 Å². The van der Waals surface area contributed by atoms with Gasteiger partial charge in [0.1, 0.15) is 5.82 Å². The summed E-state index contributed by atoms with van der Waals surface area (Å²) in [5.41, 5.74) is 5.59. The molecule has 3 nitrogen and oxygen atoms in total. The lowest BCUT2D eigenvalue weighted by molar-refractivity contribution is 0.628. The van der Waals surface area contributed by atoms with Gasteiger partial charge in [-0.2, -0.15) is 5.10 Å². The van der Waals surface area contributed by atoms with Crippen LogP contribution in [0.1, 0.15) is 11.1 Å². The van der Waals surface area contributed by atoms with Crippen LogP contribution in [0, 0.1) is 12.7 Å². The Morgan fingerprint density at radius 1 is 1.10 bits per heavy atom. The summed E-state index contributed by atoms with van der Waals surface area (Å²) < 4.78 is 12.7. The molecule has 0 spiro atoms. The Labute approximate surface area is 122 Å². The van der Waals surface area contributed by atoms with Gasteiger partial charge in [-0.1, -0.05) is 29.8 Å². The molecular weight excluding hydrogens is 273 g/mol. The van der Waals surface area contributed by atoms with E-state index in [-0.39, 0.29) is 5.82 Å². The van der Waals surface area contributed by atoms with Crippen LogP contribution in [-0.4, -0.2) is 11.3 Å². The lowest BCUT2D eigenvalue weighted by atomic mass is 10.2. The molecule has 0 aliphatic heterocycles. The van der Waals surface area contributed by atoms with Crippen molar-refractivity contribution in [2.45, 2.75) is 6.92 Å². The van der Waals surface area contributed by atoms with Crippen LogP contribution >= 0.6 is 12.2 Å². The Hall–Kier alpha value is -2.27. The van der Waals surface area contributed by atoms with Crippen molar-refractivity contribution in [2.24, 2.45) is 5.10 Å². The van der Waals surface area contributed by atoms with Crippen molar-refractivity contribution in [1.29, 1.82) is 0 Å². The molecule has 0 saturated heterocycles. The molecule has 0 unspecified atom stereocenters. The van der Waals surface area contributed by atoms with Crippen LogP contribution in [0.2, 0.25) is 0 Å². The minimum atomic E-state index is -0.285. The van der Waals surface area contributed by atoms with Gasteiger partial charge in [0.25, 0.3) is 0 Å². The minimum absolute atomic E-state index is 0.285. The van der Waals surface area contributed by atoms with Crippen molar-refractivity contribution < 1.29 is 4.39 Å². The Morgan fingerprint density at radius 3 is 2.40 bits per heavy atom. The molecule has 0 amide bonds. The molecule has 0 aromatic heterocycles. The van der Waals surface area contributed by atoms with Gasteiger partial charge in [-0.3, -0.25) is 5.43 Å². The summed E-state index contributed by atoms with van der Waals surface area (Å²) in [5.74, 6) is -0.285. The molecule has 102 valence electrons. The smallest absolute Gasteiger partial charge is 0.191 e. The van der Waals surface area contributed by atoms with Crippen LogP contribution in [0.4, 0.5) is 10.1 Å². The number of aryl methyl sites for hydroxylation is 1. The van der Waals surface area contributed by atoms with Crippen molar-refractivity contribution >= 4 is 29.2 Å². The zero-order valence-corrected chi connectivity index (χ0v) is 11.7. The average molecular weight is 287 g/mol. The zero-order chi connectivity index (χ0) is 14.4. The van der Waals surface area contributed by atoms with Gasteiger partial charge >= 0.3 is 0 Å². The summed E-state index contributed by atoms with van der Waals surface area (Å²) in [6.45, 7) is 2.03. The normalized spacial score (nSPS) is 10.5. The maximum atomic E-state index is 12.7. The first kappa shape index (κ1) is 14.1. The third-order valence-corrected chi connectivity index (χ3v) is 2.75. The van der Waals surface area contributed by atoms with Crippen molar-refractivity contribution in [3.05, 3.63) is 65.5 Å². The molecule has 0 aliphatic carbocycles. The molecule has 0 aliphatic rings. The van der Waals surface area contributed by atoms with E-state index < -0.39 is 0 Å². The first-order valence-electron chi connectivity index (χ1n) is 6.06. The van der Waals surface area contributed by atoms with Crippen LogP contribution in [0.15, 0.2) is 53.6 Å². The van der Waals surface area contributed by atoms with Crippen LogP contribution in [-0.2, 0) is 0 Å². The number of hydrogen-bond acceptors (Lipinski definition) is 2. The summed E-state index contributed by atoms with van der Waals surface area (Å²) in [4.78, 5) is 0. The van der Waals surface area contributed by atoms with Gasteiger partial charge in [0, 0.05) is 5.69 Å². The molecule has 2 aromatic carbocycles. The number of nitrogens with one attached hydrogen (secondary N) is 2. The zero-order valence-electron chi connectivity index (χ0n) is 10.9. The minimum Gasteiger partial charge on any atom is -0.331 e. The second-order valence-electron chi connectivity index (χ2n) is 4.24. The predicted octanol–water partition coefficient (Wildman–Crippen LogP) is 3.45. The van der Waals surface area contributed by atoms with E-state index in [1.165, 1.54) is 17.7 Å². The van der Waals surface area contributed by atoms with Crippen molar-refractivity contribution in [3.8, 4) is 0 Å². The monoisotopic (exact) mass is 287 g/mol. The third-order valence-electron chi connectivity index (χ3n) is 2.56. The Kier molecular flexibility index (Phi) is 4.79. The highest BCUT2D eigenvalue weighted by Gasteiger charge is 1.96. The van der Waals surface area contributed by atoms with E-state index in [9.17, 15) is 4.39 Å². The van der Waals surface area contributed by atoms with Gasteiger partial charge in [0.15, 0.2) is 5.11 Å². The van der Waals surface area contributed by atoms with Crippen LogP contribution in [0.5, 0.6) is 0 Å². The number of halogens is 1. The molecule has 0 atom stereocenters. The highest BCUT2D eigenvalue weighted by Crippen LogP contribution is 2.07. The standard InChI is InChI=1S/C15H14FN3S/c1-11-2-4-12(5-3-11)10-17-19-15(20)18-14-8-6-13(16)7-9-14/h2-10H,1H3,(H2,18,19,20)/b17-10+. The molecule has 0 fully saturated rings. The van der Waals surface area contributed by atoms with Gasteiger partial charge < -0.3 is 5.32 Å². The van der Waals surface area contributed by atoms with E-state index >= 15 is 0 Å². The van der Waals surface area contributed by atoms with Gasteiger partial charge in [0.05, 0.1) is 6.21 Å². The molecule has 5 heteroatoms.